The Morgan fingerprint density at radius 2 is 0.511 bits per heavy atom. The highest BCUT2D eigenvalue weighted by Gasteiger charge is 2.26. The van der Waals surface area contributed by atoms with Gasteiger partial charge in [-0.2, -0.15) is 20.4 Å². The molecular weight excluding hydrogens is 1100 g/mol. The second-order valence-corrected chi connectivity index (χ2v) is 22.9. The zero-order valence-corrected chi connectivity index (χ0v) is 50.2. The molecule has 90 heavy (non-hydrogen) atoms. The minimum atomic E-state index is 0.983. The number of anilines is 3. The van der Waals surface area contributed by atoms with E-state index in [2.05, 4.69) is 323 Å². The van der Waals surface area contributed by atoms with E-state index in [9.17, 15) is 0 Å². The number of fused-ring (bicyclic) bond motifs is 7. The number of nitrogens with zero attached hydrogens (tertiary/aromatic N) is 10. The molecule has 0 aliphatic rings. The van der Waals surface area contributed by atoms with Crippen LogP contribution in [0.1, 0.15) is 22.8 Å². The van der Waals surface area contributed by atoms with Crippen LogP contribution < -0.4 is 4.90 Å². The molecule has 0 aliphatic carbocycles. The first-order valence-electron chi connectivity index (χ1n) is 30.5. The zero-order valence-electron chi connectivity index (χ0n) is 50.2. The third kappa shape index (κ3) is 9.03. The molecule has 0 saturated heterocycles. The molecule has 0 bridgehead atoms. The van der Waals surface area contributed by atoms with Crippen molar-refractivity contribution in [3.8, 4) is 50.7 Å². The molecule has 17 aromatic rings. The summed E-state index contributed by atoms with van der Waals surface area (Å²) in [5, 5.41) is 27.4. The van der Waals surface area contributed by atoms with Crippen molar-refractivity contribution < 1.29 is 0 Å². The van der Waals surface area contributed by atoms with E-state index in [-0.39, 0.29) is 0 Å². The fraction of sp³-hybridized carbons (Fsp3) is 0.0500. The van der Waals surface area contributed by atoms with Crippen molar-refractivity contribution in [1.29, 1.82) is 0 Å². The van der Waals surface area contributed by atoms with E-state index in [1.54, 1.807) is 0 Å². The van der Waals surface area contributed by atoms with Crippen LogP contribution in [0.5, 0.6) is 0 Å². The Morgan fingerprint density at radius 1 is 0.244 bits per heavy atom. The highest BCUT2D eigenvalue weighted by atomic mass is 15.3. The SMILES string of the molecule is Cc1nn(-c2ccccc2)c2cc3c(c(C)nn3-c3ccccc3)c(-c3ccc(-n4c5ccccc5c5ccccc54)cc3)c12.Cc1nn(-c2ccccc2)c2cc3c(c(C)nn3-c3ccccc3)c(-c3ccc(N(c4ccccc4)c4ccccc4)cc3)c12. The Balaban J connectivity index is 0.000000144. The quantitative estimate of drug-likeness (QED) is 0.136. The second-order valence-electron chi connectivity index (χ2n) is 22.9. The molecule has 0 N–H and O–H groups in total. The summed E-state index contributed by atoms with van der Waals surface area (Å²) in [5.41, 5.74) is 23.7. The van der Waals surface area contributed by atoms with Crippen molar-refractivity contribution in [2.75, 3.05) is 4.90 Å². The van der Waals surface area contributed by atoms with E-state index < -0.39 is 0 Å². The largest absolute Gasteiger partial charge is 0.311 e. The van der Waals surface area contributed by atoms with E-state index in [1.165, 1.54) is 21.8 Å². The number of rotatable bonds is 10. The Hall–Kier alpha value is -11.9. The summed E-state index contributed by atoms with van der Waals surface area (Å²) in [6, 6.07) is 102. The molecular formula is C80H60N10. The van der Waals surface area contributed by atoms with Crippen molar-refractivity contribution in [3.63, 3.8) is 0 Å². The third-order valence-corrected chi connectivity index (χ3v) is 17.4. The Kier molecular flexibility index (Phi) is 13.2. The fourth-order valence-corrected chi connectivity index (χ4v) is 13.5. The molecule has 17 rings (SSSR count). The average molecular weight is 1160 g/mol. The van der Waals surface area contributed by atoms with Crippen molar-refractivity contribution in [2.24, 2.45) is 0 Å². The summed E-state index contributed by atoms with van der Waals surface area (Å²) < 4.78 is 10.6. The van der Waals surface area contributed by atoms with Crippen LogP contribution in [-0.4, -0.2) is 43.7 Å². The van der Waals surface area contributed by atoms with Gasteiger partial charge >= 0.3 is 0 Å². The maximum atomic E-state index is 5.09. The van der Waals surface area contributed by atoms with Gasteiger partial charge in [0, 0.05) is 66.2 Å². The lowest BCUT2D eigenvalue weighted by Gasteiger charge is -2.25. The van der Waals surface area contributed by atoms with Crippen LogP contribution in [0.25, 0.3) is 116 Å². The Bertz CT molecular complexity index is 5180. The molecule has 0 fully saturated rings. The summed E-state index contributed by atoms with van der Waals surface area (Å²) in [5.74, 6) is 0. The Morgan fingerprint density at radius 3 is 0.833 bits per heavy atom. The molecule has 0 saturated carbocycles. The molecule has 430 valence electrons. The van der Waals surface area contributed by atoms with Crippen molar-refractivity contribution in [3.05, 3.63) is 314 Å². The molecule has 5 aromatic heterocycles. The van der Waals surface area contributed by atoms with Gasteiger partial charge in [-0.15, -0.1) is 0 Å². The number of hydrogen-bond donors (Lipinski definition) is 0. The van der Waals surface area contributed by atoms with Crippen LogP contribution in [0.4, 0.5) is 17.1 Å². The first-order valence-corrected chi connectivity index (χ1v) is 30.5. The normalized spacial score (nSPS) is 11.6. The zero-order chi connectivity index (χ0) is 60.4. The molecule has 0 spiro atoms. The van der Waals surface area contributed by atoms with E-state index in [0.29, 0.717) is 0 Å². The van der Waals surface area contributed by atoms with Gasteiger partial charge in [0.1, 0.15) is 0 Å². The van der Waals surface area contributed by atoms with Crippen LogP contribution in [0, 0.1) is 27.7 Å². The van der Waals surface area contributed by atoms with Crippen molar-refractivity contribution in [2.45, 2.75) is 27.7 Å². The standard InChI is InChI=1S/C40H29N5.C40H31N5/c1-26-38-36(44(41-26)30-13-5-3-6-14-30)25-37-39(27(2)42-45(37)31-15-7-4-8-16-31)40(38)28-21-23-29(24-22-28)43-34-19-11-9-17-32(34)33-18-10-12-20-35(33)43;1-28-38-36(44(41-28)34-19-11-5-12-20-34)27-37-39(29(2)42-45(37)35-21-13-6-14-22-35)40(38)30-23-25-33(26-24-30)43(31-15-7-3-8-16-31)32-17-9-4-10-18-32/h3-25H,1-2H3;3-27H,1-2H3. The van der Waals surface area contributed by atoms with Gasteiger partial charge in [-0.3, -0.25) is 0 Å². The van der Waals surface area contributed by atoms with Gasteiger partial charge in [-0.25, -0.2) is 18.7 Å². The highest BCUT2D eigenvalue weighted by molar-refractivity contribution is 6.15. The van der Waals surface area contributed by atoms with Crippen LogP contribution in [0.2, 0.25) is 0 Å². The van der Waals surface area contributed by atoms with Crippen LogP contribution in [0.3, 0.4) is 0 Å². The minimum absolute atomic E-state index is 0.983. The third-order valence-electron chi connectivity index (χ3n) is 17.4. The average Bonchev–Trinajstić information content (AvgIpc) is 1.62. The van der Waals surface area contributed by atoms with Gasteiger partial charge in [0.2, 0.25) is 0 Å². The topological polar surface area (TPSA) is 79.5 Å². The first-order chi connectivity index (χ1) is 44.3. The van der Waals surface area contributed by atoms with E-state index in [1.807, 2.05) is 24.3 Å². The van der Waals surface area contributed by atoms with Gasteiger partial charge in [0.15, 0.2) is 0 Å². The summed E-state index contributed by atoms with van der Waals surface area (Å²) in [4.78, 5) is 2.29. The second kappa shape index (κ2) is 22.1. The van der Waals surface area contributed by atoms with Crippen LogP contribution in [0.15, 0.2) is 291 Å². The first kappa shape index (κ1) is 53.6. The molecule has 10 nitrogen and oxygen atoms in total. The smallest absolute Gasteiger partial charge is 0.0772 e. The van der Waals surface area contributed by atoms with Gasteiger partial charge in [-0.05, 0) is 160 Å². The molecule has 0 unspecified atom stereocenters. The van der Waals surface area contributed by atoms with Crippen molar-refractivity contribution >= 4 is 82.5 Å². The minimum Gasteiger partial charge on any atom is -0.311 e. The molecule has 12 aromatic carbocycles. The molecule has 5 heterocycles. The molecule has 0 atom stereocenters. The number of aromatic nitrogens is 9. The Labute approximate surface area is 520 Å². The summed E-state index contributed by atoms with van der Waals surface area (Å²) in [6.45, 7) is 8.44. The molecule has 0 radical (unpaired) electrons. The highest BCUT2D eigenvalue weighted by Crippen LogP contribution is 2.45. The lowest BCUT2D eigenvalue weighted by Crippen LogP contribution is -2.09. The molecule has 0 amide bonds. The summed E-state index contributed by atoms with van der Waals surface area (Å²) >= 11 is 0. The van der Waals surface area contributed by atoms with Crippen LogP contribution in [-0.2, 0) is 0 Å². The maximum Gasteiger partial charge on any atom is 0.0772 e. The lowest BCUT2D eigenvalue weighted by atomic mass is 9.94. The van der Waals surface area contributed by atoms with Gasteiger partial charge in [0.05, 0.1) is 78.6 Å². The lowest BCUT2D eigenvalue weighted by molar-refractivity contribution is 0.882. The monoisotopic (exact) mass is 1160 g/mol. The van der Waals surface area contributed by atoms with E-state index >= 15 is 0 Å². The summed E-state index contributed by atoms with van der Waals surface area (Å²) in [7, 11) is 0. The van der Waals surface area contributed by atoms with Gasteiger partial charge in [0.25, 0.3) is 0 Å². The predicted octanol–water partition coefficient (Wildman–Crippen LogP) is 19.9. The van der Waals surface area contributed by atoms with Gasteiger partial charge in [-0.1, -0.05) is 170 Å². The predicted molar refractivity (Wildman–Crippen MR) is 370 cm³/mol. The van der Waals surface area contributed by atoms with E-state index in [4.69, 9.17) is 20.4 Å². The number of hydrogen-bond acceptors (Lipinski definition) is 5. The summed E-state index contributed by atoms with van der Waals surface area (Å²) in [6.07, 6.45) is 0. The molecule has 0 aliphatic heterocycles. The van der Waals surface area contributed by atoms with E-state index in [0.717, 1.165) is 134 Å². The van der Waals surface area contributed by atoms with Crippen LogP contribution >= 0.6 is 0 Å². The van der Waals surface area contributed by atoms with Gasteiger partial charge < -0.3 is 9.47 Å². The number of benzene rings is 12. The number of para-hydroxylation sites is 8. The maximum absolute atomic E-state index is 5.09. The number of aryl methyl sites for hydroxylation is 4. The van der Waals surface area contributed by atoms with Crippen molar-refractivity contribution in [1.82, 2.24) is 43.7 Å². The molecule has 10 heteroatoms. The fourth-order valence-electron chi connectivity index (χ4n) is 13.5.